The van der Waals surface area contributed by atoms with Gasteiger partial charge in [-0.05, 0) is 41.8 Å². The molecule has 0 radical (unpaired) electrons. The molecule has 7 heteroatoms. The second-order valence-electron chi connectivity index (χ2n) is 6.62. The molecule has 0 saturated heterocycles. The van der Waals surface area contributed by atoms with E-state index >= 15 is 0 Å². The summed E-state index contributed by atoms with van der Waals surface area (Å²) in [5.74, 6) is 0.463. The highest BCUT2D eigenvalue weighted by molar-refractivity contribution is 7.80. The highest BCUT2D eigenvalue weighted by Gasteiger charge is 2.20. The van der Waals surface area contributed by atoms with E-state index in [1.807, 2.05) is 36.7 Å². The highest BCUT2D eigenvalue weighted by Crippen LogP contribution is 2.32. The molecule has 0 aliphatic rings. The number of thiazole rings is 1. The molecule has 164 valence electrons. The van der Waals surface area contributed by atoms with Crippen LogP contribution in [0.2, 0.25) is 0 Å². The third-order valence-corrected chi connectivity index (χ3v) is 5.99. The van der Waals surface area contributed by atoms with Crippen molar-refractivity contribution in [3.63, 3.8) is 0 Å². The van der Waals surface area contributed by atoms with Gasteiger partial charge >= 0.3 is 0 Å². The van der Waals surface area contributed by atoms with Crippen molar-refractivity contribution in [3.8, 4) is 0 Å². The van der Waals surface area contributed by atoms with Crippen LogP contribution in [0.4, 0.5) is 10.8 Å². The smallest absolute Gasteiger partial charge is 0.188 e. The SMILES string of the molecule is C=C.CC.CCC(C)C(c1ccc(Nc2nc3ccc(S)cc3s2)cc1)n1cncn1. The van der Waals surface area contributed by atoms with Gasteiger partial charge in [-0.3, -0.25) is 0 Å². The maximum Gasteiger partial charge on any atom is 0.188 e. The molecule has 0 aliphatic carbocycles. The van der Waals surface area contributed by atoms with Gasteiger partial charge < -0.3 is 5.32 Å². The molecule has 31 heavy (non-hydrogen) atoms. The third kappa shape index (κ3) is 6.18. The number of hydrogen-bond donors (Lipinski definition) is 2. The first-order valence-electron chi connectivity index (χ1n) is 10.4. The van der Waals surface area contributed by atoms with Gasteiger partial charge in [0.2, 0.25) is 0 Å². The Balaban J connectivity index is 0.000000807. The molecule has 0 saturated carbocycles. The lowest BCUT2D eigenvalue weighted by atomic mass is 9.92. The van der Waals surface area contributed by atoms with E-state index in [4.69, 9.17) is 0 Å². The molecule has 2 aromatic heterocycles. The van der Waals surface area contributed by atoms with E-state index < -0.39 is 0 Å². The summed E-state index contributed by atoms with van der Waals surface area (Å²) >= 11 is 6.03. The van der Waals surface area contributed by atoms with Crippen LogP contribution in [-0.2, 0) is 0 Å². The fraction of sp³-hybridized carbons (Fsp3) is 0.292. The molecule has 4 rings (SSSR count). The zero-order chi connectivity index (χ0) is 22.8. The van der Waals surface area contributed by atoms with Crippen LogP contribution in [0.15, 0.2) is 73.2 Å². The van der Waals surface area contributed by atoms with Crippen LogP contribution in [0.25, 0.3) is 10.2 Å². The molecule has 5 nitrogen and oxygen atoms in total. The van der Waals surface area contributed by atoms with Crippen molar-refractivity contribution < 1.29 is 0 Å². The molecule has 2 atom stereocenters. The van der Waals surface area contributed by atoms with Crippen LogP contribution in [0.1, 0.15) is 45.7 Å². The van der Waals surface area contributed by atoms with Crippen molar-refractivity contribution in [2.45, 2.75) is 45.1 Å². The standard InChI is InChI=1S/C20H21N5S2.C2H6.C2H4/c1-3-13(2)19(25-12-21-11-22-25)14-4-6-15(7-5-14)23-20-24-17-9-8-16(26)10-18(17)27-20;2*1-2/h4-13,19,26H,3H2,1-2H3,(H,23,24);1-2H3;1-2H2. The second kappa shape index (κ2) is 12.3. The summed E-state index contributed by atoms with van der Waals surface area (Å²) < 4.78 is 3.07. The lowest BCUT2D eigenvalue weighted by molar-refractivity contribution is 0.367. The predicted molar refractivity (Wildman–Crippen MR) is 137 cm³/mol. The number of nitrogens with zero attached hydrogens (tertiary/aromatic N) is 4. The van der Waals surface area contributed by atoms with Crippen molar-refractivity contribution >= 4 is 45.0 Å². The number of anilines is 2. The molecule has 0 fully saturated rings. The molecule has 0 bridgehead atoms. The Morgan fingerprint density at radius 2 is 1.84 bits per heavy atom. The van der Waals surface area contributed by atoms with Gasteiger partial charge in [-0.2, -0.15) is 5.10 Å². The lowest BCUT2D eigenvalue weighted by Crippen LogP contribution is -2.18. The topological polar surface area (TPSA) is 55.6 Å². The largest absolute Gasteiger partial charge is 0.332 e. The zero-order valence-electron chi connectivity index (χ0n) is 18.6. The summed E-state index contributed by atoms with van der Waals surface area (Å²) in [5, 5.41) is 8.64. The minimum Gasteiger partial charge on any atom is -0.332 e. The van der Waals surface area contributed by atoms with Crippen molar-refractivity contribution in [1.82, 2.24) is 19.7 Å². The van der Waals surface area contributed by atoms with E-state index in [2.05, 4.69) is 84.3 Å². The van der Waals surface area contributed by atoms with E-state index in [0.29, 0.717) is 5.92 Å². The van der Waals surface area contributed by atoms with Gasteiger partial charge in [0.1, 0.15) is 12.7 Å². The number of thiol groups is 1. The molecule has 0 amide bonds. The van der Waals surface area contributed by atoms with Gasteiger partial charge in [0, 0.05) is 10.6 Å². The monoisotopic (exact) mass is 453 g/mol. The Morgan fingerprint density at radius 1 is 1.13 bits per heavy atom. The zero-order valence-corrected chi connectivity index (χ0v) is 20.3. The molecule has 1 N–H and O–H groups in total. The van der Waals surface area contributed by atoms with Gasteiger partial charge in [-0.25, -0.2) is 14.6 Å². The molecular weight excluding hydrogens is 422 g/mol. The van der Waals surface area contributed by atoms with E-state index in [1.54, 1.807) is 24.0 Å². The Labute approximate surface area is 194 Å². The molecule has 2 aromatic carbocycles. The average Bonchev–Trinajstić information content (AvgIpc) is 3.47. The summed E-state index contributed by atoms with van der Waals surface area (Å²) in [5.41, 5.74) is 3.23. The molecule has 2 unspecified atom stereocenters. The van der Waals surface area contributed by atoms with Crippen molar-refractivity contribution in [2.24, 2.45) is 5.92 Å². The first kappa shape index (κ1) is 24.6. The van der Waals surface area contributed by atoms with E-state index in [9.17, 15) is 0 Å². The molecule has 0 spiro atoms. The Morgan fingerprint density at radius 3 is 2.45 bits per heavy atom. The normalized spacial score (nSPS) is 12.2. The van der Waals surface area contributed by atoms with Gasteiger partial charge in [-0.15, -0.1) is 25.8 Å². The van der Waals surface area contributed by atoms with Crippen LogP contribution in [0.5, 0.6) is 0 Å². The molecule has 4 aromatic rings. The number of hydrogen-bond acceptors (Lipinski definition) is 6. The number of aromatic nitrogens is 4. The summed E-state index contributed by atoms with van der Waals surface area (Å²) in [7, 11) is 0. The quantitative estimate of drug-likeness (QED) is 0.236. The molecule has 0 aliphatic heterocycles. The first-order chi connectivity index (χ1) is 15.1. The van der Waals surface area contributed by atoms with Gasteiger partial charge in [0.15, 0.2) is 5.13 Å². The number of nitrogens with one attached hydrogen (secondary N) is 1. The average molecular weight is 454 g/mol. The minimum absolute atomic E-state index is 0.183. The maximum absolute atomic E-state index is 4.64. The summed E-state index contributed by atoms with van der Waals surface area (Å²) in [4.78, 5) is 9.70. The Bertz CT molecular complexity index is 1040. The maximum atomic E-state index is 4.64. The number of rotatable bonds is 6. The van der Waals surface area contributed by atoms with Crippen LogP contribution >= 0.6 is 24.0 Å². The summed E-state index contributed by atoms with van der Waals surface area (Å²) in [6, 6.07) is 14.7. The molecule has 2 heterocycles. The number of fused-ring (bicyclic) bond motifs is 1. The van der Waals surface area contributed by atoms with Crippen LogP contribution in [-0.4, -0.2) is 19.7 Å². The van der Waals surface area contributed by atoms with Crippen molar-refractivity contribution in [3.05, 3.63) is 73.8 Å². The van der Waals surface area contributed by atoms with Gasteiger partial charge in [0.25, 0.3) is 0 Å². The van der Waals surface area contributed by atoms with Crippen molar-refractivity contribution in [2.75, 3.05) is 5.32 Å². The van der Waals surface area contributed by atoms with E-state index in [1.165, 1.54) is 5.56 Å². The molecular formula is C24H31N5S2. The van der Waals surface area contributed by atoms with Crippen LogP contribution in [0.3, 0.4) is 0 Å². The Kier molecular flexibility index (Phi) is 9.75. The van der Waals surface area contributed by atoms with Crippen LogP contribution in [0, 0.1) is 5.92 Å². The minimum atomic E-state index is 0.183. The number of benzene rings is 2. The summed E-state index contributed by atoms with van der Waals surface area (Å²) in [6.45, 7) is 14.4. The first-order valence-corrected chi connectivity index (χ1v) is 11.7. The Hall–Kier alpha value is -2.64. The predicted octanol–water partition coefficient (Wildman–Crippen LogP) is 7.38. The lowest BCUT2D eigenvalue weighted by Gasteiger charge is -2.23. The second-order valence-corrected chi connectivity index (χ2v) is 8.17. The highest BCUT2D eigenvalue weighted by atomic mass is 32.1. The van der Waals surface area contributed by atoms with Gasteiger partial charge in [0.05, 0.1) is 16.3 Å². The fourth-order valence-corrected chi connectivity index (χ4v) is 4.40. The van der Waals surface area contributed by atoms with Gasteiger partial charge in [-0.1, -0.05) is 57.6 Å². The van der Waals surface area contributed by atoms with E-state index in [-0.39, 0.29) is 6.04 Å². The summed E-state index contributed by atoms with van der Waals surface area (Å²) in [6.07, 6.45) is 4.46. The fourth-order valence-electron chi connectivity index (χ4n) is 3.18. The third-order valence-electron chi connectivity index (χ3n) is 4.78. The van der Waals surface area contributed by atoms with E-state index in [0.717, 1.165) is 32.4 Å². The van der Waals surface area contributed by atoms with Crippen LogP contribution < -0.4 is 5.32 Å². The van der Waals surface area contributed by atoms with Crippen molar-refractivity contribution in [1.29, 1.82) is 0 Å².